The van der Waals surface area contributed by atoms with E-state index in [9.17, 15) is 0 Å². The third-order valence-electron chi connectivity index (χ3n) is 0. The van der Waals surface area contributed by atoms with Crippen LogP contribution in [0, 0.1) is 0 Å². The van der Waals surface area contributed by atoms with Gasteiger partial charge in [0, 0.05) is 21.7 Å². The third-order valence-corrected chi connectivity index (χ3v) is 0. The Morgan fingerprint density at radius 2 is 1.20 bits per heavy atom. The monoisotopic (exact) mass is 346 g/mol. The summed E-state index contributed by atoms with van der Waals surface area (Å²) in [5.41, 5.74) is 0. The molecular formula is H3BiCl2OTi. The molecule has 0 spiro atoms. The van der Waals surface area contributed by atoms with Crippen LogP contribution in [-0.4, -0.2) is 26.2 Å². The second kappa shape index (κ2) is 16.5. The van der Waals surface area contributed by atoms with Crippen molar-refractivity contribution in [3.8, 4) is 0 Å². The molecule has 0 fully saturated rings. The Labute approximate surface area is 74.7 Å². The predicted octanol–water partition coefficient (Wildman–Crippen LogP) is 0.124. The average Bonchev–Trinajstić information content (AvgIpc) is 0.918. The van der Waals surface area contributed by atoms with Crippen LogP contribution in [0.15, 0.2) is 0 Å². The zero-order chi connectivity index (χ0) is 2.71. The van der Waals surface area contributed by atoms with E-state index in [0.29, 0.717) is 0 Å². The van der Waals surface area contributed by atoms with Crippen molar-refractivity contribution < 1.29 is 25.6 Å². The van der Waals surface area contributed by atoms with Gasteiger partial charge in [0.1, 0.15) is 0 Å². The van der Waals surface area contributed by atoms with Crippen LogP contribution < -0.4 is 0 Å². The van der Waals surface area contributed by atoms with Gasteiger partial charge in [0.05, 0.1) is 23.7 Å². The van der Waals surface area contributed by atoms with Crippen molar-refractivity contribution in [2.45, 2.75) is 0 Å². The summed E-state index contributed by atoms with van der Waals surface area (Å²) in [6.45, 7) is 0. The summed E-state index contributed by atoms with van der Waals surface area (Å²) in [5.74, 6) is 0. The Morgan fingerprint density at radius 1 is 1.20 bits per heavy atom. The van der Waals surface area contributed by atoms with Crippen molar-refractivity contribution in [3.05, 3.63) is 0 Å². The van der Waals surface area contributed by atoms with E-state index in [1.807, 2.05) is 0 Å². The number of rotatable bonds is 0. The standard InChI is InChI=1S/Bi.Cl2O.Ti.3H/c;1-3-2;;;;. The molecule has 0 aromatic heterocycles. The molecule has 0 aliphatic heterocycles. The van der Waals surface area contributed by atoms with E-state index in [-0.39, 0.29) is 47.9 Å². The molecule has 0 N–H and O–H groups in total. The molecule has 0 saturated carbocycles. The zero-order valence-electron chi connectivity index (χ0n) is 2.37. The molecule has 0 rings (SSSR count). The Kier molecular flexibility index (Phi) is 51.7. The summed E-state index contributed by atoms with van der Waals surface area (Å²) in [6.07, 6.45) is 0. The van der Waals surface area contributed by atoms with Gasteiger partial charge in [-0.1, -0.05) is 0 Å². The van der Waals surface area contributed by atoms with Crippen LogP contribution in [0.1, 0.15) is 0 Å². The first-order chi connectivity index (χ1) is 1.41. The van der Waals surface area contributed by atoms with Crippen molar-refractivity contribution in [2.75, 3.05) is 0 Å². The first kappa shape index (κ1) is 15.7. The van der Waals surface area contributed by atoms with Gasteiger partial charge in [-0.2, -0.15) is 3.84 Å². The molecule has 0 aliphatic rings. The minimum absolute atomic E-state index is 0. The van der Waals surface area contributed by atoms with Gasteiger partial charge in [-0.15, -0.1) is 0 Å². The van der Waals surface area contributed by atoms with Crippen molar-refractivity contribution in [1.82, 2.24) is 0 Å². The molecule has 0 heterocycles. The molecular weight excluding hydrogens is 344 g/mol. The van der Waals surface area contributed by atoms with Crippen LogP contribution in [0.25, 0.3) is 0 Å². The summed E-state index contributed by atoms with van der Waals surface area (Å²) in [5, 5.41) is 0. The van der Waals surface area contributed by atoms with Gasteiger partial charge < -0.3 is 0 Å². The predicted molar refractivity (Wildman–Crippen MR) is 22.7 cm³/mol. The SMILES string of the molecule is ClOCl.[BiH3].[Ti]. The number of hydrogen-bond acceptors (Lipinski definition) is 1. The molecule has 0 radical (unpaired) electrons. The Bertz CT molecular complexity index is 9.61. The van der Waals surface area contributed by atoms with Gasteiger partial charge in [0.25, 0.3) is 0 Å². The Hall–Kier alpha value is 2.14. The van der Waals surface area contributed by atoms with Crippen molar-refractivity contribution in [1.29, 1.82) is 0 Å². The fourth-order valence-corrected chi connectivity index (χ4v) is 0. The first-order valence-electron chi connectivity index (χ1n) is 0.309. The van der Waals surface area contributed by atoms with E-state index in [1.165, 1.54) is 0 Å². The van der Waals surface area contributed by atoms with E-state index < -0.39 is 0 Å². The minimum Gasteiger partial charge on any atom is 0 e. The minimum atomic E-state index is 0. The van der Waals surface area contributed by atoms with E-state index in [0.717, 1.165) is 0 Å². The second-order valence-electron chi connectivity index (χ2n) is 0.0583. The van der Waals surface area contributed by atoms with Gasteiger partial charge in [-0.25, -0.2) is 0 Å². The summed E-state index contributed by atoms with van der Waals surface area (Å²) in [7, 11) is 0. The largest absolute Gasteiger partial charge is 0 e. The molecule has 0 aromatic rings. The van der Waals surface area contributed by atoms with Crippen molar-refractivity contribution >= 4 is 49.9 Å². The third kappa shape index (κ3) is 23.0. The van der Waals surface area contributed by atoms with E-state index in [1.54, 1.807) is 0 Å². The van der Waals surface area contributed by atoms with Crippen molar-refractivity contribution in [2.24, 2.45) is 0 Å². The summed E-state index contributed by atoms with van der Waals surface area (Å²) in [4.78, 5) is 0. The molecule has 5 heavy (non-hydrogen) atoms. The van der Waals surface area contributed by atoms with Gasteiger partial charge in [-0.05, 0) is 0 Å². The van der Waals surface area contributed by atoms with E-state index in [2.05, 4.69) is 27.6 Å². The number of hydrogen-bond donors (Lipinski definition) is 0. The van der Waals surface area contributed by atoms with Gasteiger partial charge in [0.2, 0.25) is 0 Å². The second-order valence-corrected chi connectivity index (χ2v) is 0.525. The molecule has 0 amide bonds. The smallest absolute Gasteiger partial charge is 0 e. The maximum absolute atomic E-state index is 4.26. The van der Waals surface area contributed by atoms with Crippen molar-refractivity contribution in [3.63, 3.8) is 0 Å². The molecule has 1 nitrogen and oxygen atoms in total. The van der Waals surface area contributed by atoms with Crippen LogP contribution in [0.5, 0.6) is 0 Å². The number of halogens is 2. The molecule has 0 aliphatic carbocycles. The summed E-state index contributed by atoms with van der Waals surface area (Å²) < 4.78 is 3.19. The van der Waals surface area contributed by atoms with Crippen LogP contribution >= 0.6 is 23.7 Å². The fraction of sp³-hybridized carbons (Fsp3) is 0. The molecule has 0 unspecified atom stereocenters. The molecule has 0 saturated heterocycles. The molecule has 32 valence electrons. The van der Waals surface area contributed by atoms with Crippen LogP contribution in [-0.2, 0) is 25.6 Å². The van der Waals surface area contributed by atoms with Crippen LogP contribution in [0.2, 0.25) is 0 Å². The molecule has 0 atom stereocenters. The van der Waals surface area contributed by atoms with Gasteiger partial charge in [-0.3, -0.25) is 0 Å². The Morgan fingerprint density at radius 3 is 1.20 bits per heavy atom. The molecule has 0 aromatic carbocycles. The molecule has 5 heteroatoms. The maximum atomic E-state index is 4.26. The quantitative estimate of drug-likeness (QED) is 0.566. The Balaban J connectivity index is -0.0000000200. The van der Waals surface area contributed by atoms with E-state index in [4.69, 9.17) is 0 Å². The van der Waals surface area contributed by atoms with Crippen LogP contribution in [0.4, 0.5) is 0 Å². The maximum Gasteiger partial charge on any atom is 0 e. The van der Waals surface area contributed by atoms with Gasteiger partial charge in [0.15, 0.2) is 0 Å². The normalized spacial score (nSPS) is 3.60. The van der Waals surface area contributed by atoms with Gasteiger partial charge >= 0.3 is 26.2 Å². The molecule has 0 bridgehead atoms. The zero-order valence-corrected chi connectivity index (χ0v) is 10.9. The fourth-order valence-electron chi connectivity index (χ4n) is 0. The topological polar surface area (TPSA) is 9.23 Å². The first-order valence-corrected chi connectivity index (χ1v) is 0.926. The van der Waals surface area contributed by atoms with E-state index >= 15 is 0 Å². The summed E-state index contributed by atoms with van der Waals surface area (Å²) in [6, 6.07) is 0. The van der Waals surface area contributed by atoms with Crippen LogP contribution in [0.3, 0.4) is 0 Å². The average molecular weight is 347 g/mol. The summed E-state index contributed by atoms with van der Waals surface area (Å²) >= 11 is 8.53.